The van der Waals surface area contributed by atoms with E-state index in [2.05, 4.69) is 5.32 Å². The van der Waals surface area contributed by atoms with Crippen LogP contribution in [-0.4, -0.2) is 33.6 Å². The van der Waals surface area contributed by atoms with Gasteiger partial charge in [-0.2, -0.15) is 13.2 Å². The van der Waals surface area contributed by atoms with Gasteiger partial charge in [-0.3, -0.25) is 9.36 Å². The molecule has 5 aromatic rings. The Morgan fingerprint density at radius 3 is 2.30 bits per heavy atom. The number of hydrogen-bond acceptors (Lipinski definition) is 4. The molecule has 1 heterocycles. The van der Waals surface area contributed by atoms with E-state index in [4.69, 9.17) is 9.72 Å². The highest BCUT2D eigenvalue weighted by molar-refractivity contribution is 5.90. The molecule has 0 aliphatic rings. The van der Waals surface area contributed by atoms with Crippen LogP contribution in [0.15, 0.2) is 108 Å². The van der Waals surface area contributed by atoms with Crippen LogP contribution in [0, 0.1) is 0 Å². The van der Waals surface area contributed by atoms with Crippen LogP contribution in [0.5, 0.6) is 5.75 Å². The Morgan fingerprint density at radius 2 is 1.59 bits per heavy atom. The van der Waals surface area contributed by atoms with Crippen molar-refractivity contribution in [2.45, 2.75) is 32.5 Å². The van der Waals surface area contributed by atoms with Gasteiger partial charge in [0.2, 0.25) is 0 Å². The lowest BCUT2D eigenvalue weighted by atomic mass is 10.1. The van der Waals surface area contributed by atoms with Crippen LogP contribution in [0.1, 0.15) is 36.8 Å². The smallest absolute Gasteiger partial charge is 0.418 e. The first kappa shape index (κ1) is 30.3. The fraction of sp³-hybridized carbons (Fsp3) is 0.206. The van der Waals surface area contributed by atoms with Gasteiger partial charge in [-0.1, -0.05) is 54.6 Å². The Balaban J connectivity index is 1.61. The van der Waals surface area contributed by atoms with E-state index < -0.39 is 23.8 Å². The number of rotatable bonds is 9. The lowest BCUT2D eigenvalue weighted by Crippen LogP contribution is -2.41. The zero-order chi connectivity index (χ0) is 31.3. The van der Waals surface area contributed by atoms with Gasteiger partial charge in [0.1, 0.15) is 11.6 Å². The monoisotopic (exact) mass is 600 g/mol. The van der Waals surface area contributed by atoms with E-state index in [0.717, 1.165) is 11.6 Å². The molecule has 1 unspecified atom stereocenters. The minimum atomic E-state index is -4.67. The van der Waals surface area contributed by atoms with Crippen molar-refractivity contribution >= 4 is 22.6 Å². The SMILES string of the molecule is CCOc1ccc(-n2c(C(C)N(CCc3ccccc3)C(=O)Nc3ccccc3C(F)(F)F)nc3ccccc3c2=O)cc1. The Labute approximate surface area is 252 Å². The van der Waals surface area contributed by atoms with Crippen molar-refractivity contribution in [3.05, 3.63) is 130 Å². The highest BCUT2D eigenvalue weighted by Gasteiger charge is 2.35. The first-order chi connectivity index (χ1) is 21.2. The van der Waals surface area contributed by atoms with Crippen LogP contribution in [0.25, 0.3) is 16.6 Å². The molecule has 0 saturated carbocycles. The number of anilines is 1. The zero-order valence-corrected chi connectivity index (χ0v) is 24.2. The van der Waals surface area contributed by atoms with E-state index in [1.807, 2.05) is 37.3 Å². The maximum Gasteiger partial charge on any atom is 0.418 e. The normalized spacial score (nSPS) is 12.1. The highest BCUT2D eigenvalue weighted by Crippen LogP contribution is 2.35. The molecule has 0 spiro atoms. The first-order valence-corrected chi connectivity index (χ1v) is 14.2. The Hall–Kier alpha value is -5.12. The topological polar surface area (TPSA) is 76.5 Å². The number of urea groups is 1. The fourth-order valence-corrected chi connectivity index (χ4v) is 5.07. The largest absolute Gasteiger partial charge is 0.494 e. The van der Waals surface area contributed by atoms with Gasteiger partial charge >= 0.3 is 12.2 Å². The van der Waals surface area contributed by atoms with Gasteiger partial charge in [0.05, 0.1) is 40.5 Å². The molecular weight excluding hydrogens is 569 g/mol. The summed E-state index contributed by atoms with van der Waals surface area (Å²) in [4.78, 5) is 34.0. The molecule has 0 aliphatic carbocycles. The van der Waals surface area contributed by atoms with Crippen molar-refractivity contribution in [3.8, 4) is 11.4 Å². The quantitative estimate of drug-likeness (QED) is 0.189. The summed E-state index contributed by atoms with van der Waals surface area (Å²) in [5.41, 5.74) is 0.212. The second-order valence-corrected chi connectivity index (χ2v) is 10.1. The average molecular weight is 601 g/mol. The highest BCUT2D eigenvalue weighted by atomic mass is 19.4. The molecule has 1 N–H and O–H groups in total. The molecule has 4 aromatic carbocycles. The van der Waals surface area contributed by atoms with E-state index >= 15 is 0 Å². The predicted octanol–water partition coefficient (Wildman–Crippen LogP) is 7.64. The summed E-state index contributed by atoms with van der Waals surface area (Å²) in [6.07, 6.45) is -4.25. The molecule has 10 heteroatoms. The van der Waals surface area contributed by atoms with E-state index in [1.165, 1.54) is 27.7 Å². The number of carbonyl (C=O) groups is 1. The van der Waals surface area contributed by atoms with Crippen molar-refractivity contribution in [1.29, 1.82) is 0 Å². The van der Waals surface area contributed by atoms with Crippen molar-refractivity contribution in [2.75, 3.05) is 18.5 Å². The maximum absolute atomic E-state index is 13.9. The molecule has 2 amide bonds. The number of nitrogens with one attached hydrogen (secondary N) is 1. The number of fused-ring (bicyclic) bond motifs is 1. The van der Waals surface area contributed by atoms with Crippen LogP contribution >= 0.6 is 0 Å². The Bertz CT molecular complexity index is 1810. The summed E-state index contributed by atoms with van der Waals surface area (Å²) in [5.74, 6) is 0.880. The second kappa shape index (κ2) is 13.0. The van der Waals surface area contributed by atoms with Crippen molar-refractivity contribution < 1.29 is 22.7 Å². The number of para-hydroxylation sites is 2. The van der Waals surface area contributed by atoms with E-state index in [9.17, 15) is 22.8 Å². The molecule has 0 bridgehead atoms. The first-order valence-electron chi connectivity index (χ1n) is 14.2. The summed E-state index contributed by atoms with van der Waals surface area (Å²) >= 11 is 0. The fourth-order valence-electron chi connectivity index (χ4n) is 5.07. The number of ether oxygens (including phenoxy) is 1. The number of halogens is 3. The second-order valence-electron chi connectivity index (χ2n) is 10.1. The van der Waals surface area contributed by atoms with E-state index in [0.29, 0.717) is 35.4 Å². The summed E-state index contributed by atoms with van der Waals surface area (Å²) in [5, 5.41) is 2.86. The van der Waals surface area contributed by atoms with Crippen LogP contribution in [0.3, 0.4) is 0 Å². The number of aromatic nitrogens is 2. The summed E-state index contributed by atoms with van der Waals surface area (Å²) in [6.45, 7) is 4.19. The molecule has 0 saturated heterocycles. The number of benzene rings is 4. The lowest BCUT2D eigenvalue weighted by Gasteiger charge is -2.31. The number of hydrogen-bond donors (Lipinski definition) is 1. The van der Waals surface area contributed by atoms with Gasteiger partial charge in [0.25, 0.3) is 5.56 Å². The van der Waals surface area contributed by atoms with Gasteiger partial charge in [-0.15, -0.1) is 0 Å². The molecular formula is C34H31F3N4O3. The third-order valence-corrected chi connectivity index (χ3v) is 7.27. The van der Waals surface area contributed by atoms with Gasteiger partial charge in [-0.25, -0.2) is 9.78 Å². The summed E-state index contributed by atoms with van der Waals surface area (Å²) < 4.78 is 48.3. The summed E-state index contributed by atoms with van der Waals surface area (Å²) in [7, 11) is 0. The number of amides is 2. The van der Waals surface area contributed by atoms with Gasteiger partial charge in [0.15, 0.2) is 0 Å². The minimum absolute atomic E-state index is 0.136. The van der Waals surface area contributed by atoms with Crippen molar-refractivity contribution in [2.24, 2.45) is 0 Å². The number of nitrogens with zero attached hydrogens (tertiary/aromatic N) is 3. The third kappa shape index (κ3) is 6.59. The molecule has 1 atom stereocenters. The standard InChI is InChI=1S/C34H31F3N4O3/c1-3-44-26-19-17-25(18-20-26)41-31(38-29-15-9-7-13-27(29)32(41)42)23(2)40(22-21-24-11-5-4-6-12-24)33(43)39-30-16-10-8-14-28(30)34(35,36)37/h4-20,23H,3,21-22H2,1-2H3,(H,39,43). The van der Waals surface area contributed by atoms with Crippen molar-refractivity contribution in [1.82, 2.24) is 14.5 Å². The molecule has 7 nitrogen and oxygen atoms in total. The average Bonchev–Trinajstić information content (AvgIpc) is 3.02. The maximum atomic E-state index is 13.9. The van der Waals surface area contributed by atoms with E-state index in [1.54, 1.807) is 55.5 Å². The predicted molar refractivity (Wildman–Crippen MR) is 164 cm³/mol. The minimum Gasteiger partial charge on any atom is -0.494 e. The Kier molecular flexibility index (Phi) is 8.99. The molecule has 5 rings (SSSR count). The molecule has 0 radical (unpaired) electrons. The lowest BCUT2D eigenvalue weighted by molar-refractivity contribution is -0.136. The van der Waals surface area contributed by atoms with E-state index in [-0.39, 0.29) is 23.6 Å². The zero-order valence-electron chi connectivity index (χ0n) is 24.2. The van der Waals surface area contributed by atoms with Crippen LogP contribution in [0.4, 0.5) is 23.7 Å². The van der Waals surface area contributed by atoms with Crippen molar-refractivity contribution in [3.63, 3.8) is 0 Å². The molecule has 0 fully saturated rings. The number of alkyl halides is 3. The Morgan fingerprint density at radius 1 is 0.932 bits per heavy atom. The summed E-state index contributed by atoms with van der Waals surface area (Å²) in [6, 6.07) is 26.5. The molecule has 0 aliphatic heterocycles. The third-order valence-electron chi connectivity index (χ3n) is 7.27. The van der Waals surface area contributed by atoms with Gasteiger partial charge in [0, 0.05) is 6.54 Å². The molecule has 226 valence electrons. The van der Waals surface area contributed by atoms with Gasteiger partial charge < -0.3 is 15.0 Å². The van der Waals surface area contributed by atoms with Crippen LogP contribution in [0.2, 0.25) is 0 Å². The van der Waals surface area contributed by atoms with Gasteiger partial charge in [-0.05, 0) is 74.4 Å². The van der Waals surface area contributed by atoms with Crippen LogP contribution in [-0.2, 0) is 12.6 Å². The van der Waals surface area contributed by atoms with Crippen LogP contribution < -0.4 is 15.6 Å². The molecule has 44 heavy (non-hydrogen) atoms. The number of carbonyl (C=O) groups excluding carboxylic acids is 1. The molecule has 1 aromatic heterocycles.